The largest absolute Gasteiger partial charge is 0.508 e. The molecule has 2 aromatic heterocycles. The third-order valence-corrected chi connectivity index (χ3v) is 2.66. The maximum absolute atomic E-state index is 9.45. The highest BCUT2D eigenvalue weighted by atomic mass is 16.3. The number of nitrogens with one attached hydrogen (secondary N) is 2. The van der Waals surface area contributed by atoms with Crippen LogP contribution in [0.5, 0.6) is 5.75 Å². The quantitative estimate of drug-likeness (QED) is 0.644. The van der Waals surface area contributed by atoms with E-state index in [-0.39, 0.29) is 5.75 Å². The lowest BCUT2D eigenvalue weighted by atomic mass is 10.2. The molecule has 2 heterocycles. The van der Waals surface area contributed by atoms with Gasteiger partial charge in [0.2, 0.25) is 0 Å². The molecule has 0 unspecified atom stereocenters. The number of benzene rings is 1. The van der Waals surface area contributed by atoms with Crippen molar-refractivity contribution in [1.82, 2.24) is 15.2 Å². The van der Waals surface area contributed by atoms with Gasteiger partial charge >= 0.3 is 0 Å². The van der Waals surface area contributed by atoms with E-state index in [4.69, 9.17) is 0 Å². The number of aromatic nitrogens is 3. The molecule has 0 aliphatic rings. The van der Waals surface area contributed by atoms with Gasteiger partial charge in [0.25, 0.3) is 0 Å². The van der Waals surface area contributed by atoms with Crippen molar-refractivity contribution in [2.45, 2.75) is 6.92 Å². The number of phenolic OH excluding ortho intramolecular Hbond substituents is 1. The number of hydrogen-bond donors (Lipinski definition) is 3. The first kappa shape index (κ1) is 10.6. The number of hydrogen-bond acceptors (Lipinski definition) is 4. The Hall–Kier alpha value is -2.56. The zero-order chi connectivity index (χ0) is 12.5. The third kappa shape index (κ3) is 1.86. The van der Waals surface area contributed by atoms with Gasteiger partial charge in [-0.25, -0.2) is 4.98 Å². The van der Waals surface area contributed by atoms with E-state index in [1.165, 1.54) is 0 Å². The molecule has 3 rings (SSSR count). The van der Waals surface area contributed by atoms with Gasteiger partial charge in [-0.05, 0) is 25.1 Å². The molecule has 0 fully saturated rings. The van der Waals surface area contributed by atoms with Gasteiger partial charge in [-0.3, -0.25) is 5.10 Å². The van der Waals surface area contributed by atoms with E-state index in [1.807, 2.05) is 19.1 Å². The Kier molecular flexibility index (Phi) is 2.37. The van der Waals surface area contributed by atoms with Crippen LogP contribution >= 0.6 is 0 Å². The molecule has 18 heavy (non-hydrogen) atoms. The normalized spacial score (nSPS) is 10.7. The molecule has 5 nitrogen and oxygen atoms in total. The number of pyridine rings is 1. The predicted octanol–water partition coefficient (Wildman–Crippen LogP) is 2.72. The van der Waals surface area contributed by atoms with Crippen LogP contribution in [0.25, 0.3) is 11.0 Å². The van der Waals surface area contributed by atoms with Crippen molar-refractivity contribution in [3.63, 3.8) is 0 Å². The lowest BCUT2D eigenvalue weighted by Crippen LogP contribution is -1.94. The van der Waals surface area contributed by atoms with Crippen molar-refractivity contribution >= 4 is 22.4 Å². The number of fused-ring (bicyclic) bond motifs is 1. The molecule has 0 saturated heterocycles. The SMILES string of the molecule is Cc1cc(Nc2cccc(O)c2)c2[nH]ncc2n1. The fourth-order valence-corrected chi connectivity index (χ4v) is 1.90. The van der Waals surface area contributed by atoms with Crippen LogP contribution in [0.2, 0.25) is 0 Å². The second-order valence-electron chi connectivity index (χ2n) is 4.12. The van der Waals surface area contributed by atoms with Crippen LogP contribution in [-0.4, -0.2) is 20.3 Å². The second-order valence-corrected chi connectivity index (χ2v) is 4.12. The fourth-order valence-electron chi connectivity index (χ4n) is 1.90. The summed E-state index contributed by atoms with van der Waals surface area (Å²) < 4.78 is 0. The number of H-pyrrole nitrogens is 1. The molecular formula is C13H12N4O. The van der Waals surface area contributed by atoms with Crippen molar-refractivity contribution in [2.75, 3.05) is 5.32 Å². The molecule has 0 atom stereocenters. The highest BCUT2D eigenvalue weighted by molar-refractivity contribution is 5.89. The van der Waals surface area contributed by atoms with E-state index < -0.39 is 0 Å². The van der Waals surface area contributed by atoms with Gasteiger partial charge in [-0.1, -0.05) is 6.07 Å². The van der Waals surface area contributed by atoms with Crippen molar-refractivity contribution < 1.29 is 5.11 Å². The minimum Gasteiger partial charge on any atom is -0.508 e. The average molecular weight is 240 g/mol. The standard InChI is InChI=1S/C13H12N4O/c1-8-5-11(13-12(15-8)7-14-17-13)16-9-3-2-4-10(18)6-9/h2-7,18H,1H3,(H,14,17)(H,15,16). The number of rotatable bonds is 2. The van der Waals surface area contributed by atoms with Crippen LogP contribution in [0.15, 0.2) is 36.5 Å². The Morgan fingerprint density at radius 2 is 2.17 bits per heavy atom. The van der Waals surface area contributed by atoms with Crippen molar-refractivity contribution in [3.8, 4) is 5.75 Å². The van der Waals surface area contributed by atoms with Gasteiger partial charge in [-0.2, -0.15) is 5.10 Å². The molecule has 0 amide bonds. The molecule has 0 saturated carbocycles. The van der Waals surface area contributed by atoms with E-state index >= 15 is 0 Å². The number of phenols is 1. The monoisotopic (exact) mass is 240 g/mol. The Morgan fingerprint density at radius 3 is 3.00 bits per heavy atom. The molecular weight excluding hydrogens is 228 g/mol. The first-order chi connectivity index (χ1) is 8.72. The smallest absolute Gasteiger partial charge is 0.117 e. The number of nitrogens with zero attached hydrogens (tertiary/aromatic N) is 2. The highest BCUT2D eigenvalue weighted by Crippen LogP contribution is 2.25. The molecule has 3 aromatic rings. The summed E-state index contributed by atoms with van der Waals surface area (Å²) in [5.74, 6) is 0.228. The van der Waals surface area contributed by atoms with E-state index in [1.54, 1.807) is 24.4 Å². The first-order valence-electron chi connectivity index (χ1n) is 5.59. The maximum atomic E-state index is 9.45. The fraction of sp³-hybridized carbons (Fsp3) is 0.0769. The van der Waals surface area contributed by atoms with Crippen LogP contribution < -0.4 is 5.32 Å². The van der Waals surface area contributed by atoms with E-state index in [0.29, 0.717) is 0 Å². The van der Waals surface area contributed by atoms with Crippen molar-refractivity contribution in [1.29, 1.82) is 0 Å². The Labute approximate surface area is 103 Å². The van der Waals surface area contributed by atoms with Crippen LogP contribution in [0, 0.1) is 6.92 Å². The number of anilines is 2. The van der Waals surface area contributed by atoms with Crippen molar-refractivity contribution in [3.05, 3.63) is 42.2 Å². The summed E-state index contributed by atoms with van der Waals surface area (Å²) in [4.78, 5) is 4.37. The van der Waals surface area contributed by atoms with Crippen LogP contribution in [0.3, 0.4) is 0 Å². The van der Waals surface area contributed by atoms with E-state index in [2.05, 4.69) is 20.5 Å². The molecule has 90 valence electrons. The highest BCUT2D eigenvalue weighted by Gasteiger charge is 2.06. The van der Waals surface area contributed by atoms with Crippen LogP contribution in [0.1, 0.15) is 5.69 Å². The lowest BCUT2D eigenvalue weighted by Gasteiger charge is -2.08. The summed E-state index contributed by atoms with van der Waals surface area (Å²) in [6, 6.07) is 8.91. The summed E-state index contributed by atoms with van der Waals surface area (Å²) >= 11 is 0. The summed E-state index contributed by atoms with van der Waals surface area (Å²) in [6.45, 7) is 1.93. The summed E-state index contributed by atoms with van der Waals surface area (Å²) in [7, 11) is 0. The molecule has 0 radical (unpaired) electrons. The van der Waals surface area contributed by atoms with Gasteiger partial charge in [0.15, 0.2) is 0 Å². The Bertz CT molecular complexity index is 705. The van der Waals surface area contributed by atoms with Gasteiger partial charge in [0.1, 0.15) is 16.8 Å². The van der Waals surface area contributed by atoms with Gasteiger partial charge in [-0.15, -0.1) is 0 Å². The second kappa shape index (κ2) is 4.03. The predicted molar refractivity (Wildman–Crippen MR) is 70.0 cm³/mol. The zero-order valence-electron chi connectivity index (χ0n) is 9.81. The van der Waals surface area contributed by atoms with Gasteiger partial charge in [0, 0.05) is 17.4 Å². The van der Waals surface area contributed by atoms with Crippen molar-refractivity contribution in [2.24, 2.45) is 0 Å². The first-order valence-corrected chi connectivity index (χ1v) is 5.59. The number of aryl methyl sites for hydroxylation is 1. The van der Waals surface area contributed by atoms with Gasteiger partial charge < -0.3 is 10.4 Å². The zero-order valence-corrected chi connectivity index (χ0v) is 9.81. The van der Waals surface area contributed by atoms with Crippen LogP contribution in [-0.2, 0) is 0 Å². The summed E-state index contributed by atoms with van der Waals surface area (Å²) in [5, 5.41) is 19.6. The summed E-state index contributed by atoms with van der Waals surface area (Å²) in [6.07, 6.45) is 1.69. The van der Waals surface area contributed by atoms with E-state index in [9.17, 15) is 5.11 Å². The van der Waals surface area contributed by atoms with E-state index in [0.717, 1.165) is 28.1 Å². The average Bonchev–Trinajstić information content (AvgIpc) is 2.77. The summed E-state index contributed by atoms with van der Waals surface area (Å²) in [5.41, 5.74) is 4.28. The minimum atomic E-state index is 0.228. The number of aromatic hydroxyl groups is 1. The topological polar surface area (TPSA) is 73.8 Å². The molecule has 0 spiro atoms. The number of aromatic amines is 1. The molecule has 0 bridgehead atoms. The molecule has 3 N–H and O–H groups in total. The maximum Gasteiger partial charge on any atom is 0.117 e. The molecule has 0 aliphatic heterocycles. The Balaban J connectivity index is 2.06. The Morgan fingerprint density at radius 1 is 1.28 bits per heavy atom. The minimum absolute atomic E-state index is 0.228. The van der Waals surface area contributed by atoms with Gasteiger partial charge in [0.05, 0.1) is 11.9 Å². The third-order valence-electron chi connectivity index (χ3n) is 2.66. The molecule has 1 aromatic carbocycles. The molecule has 5 heteroatoms. The van der Waals surface area contributed by atoms with Crippen LogP contribution in [0.4, 0.5) is 11.4 Å². The molecule has 0 aliphatic carbocycles. The lowest BCUT2D eigenvalue weighted by molar-refractivity contribution is 0.475.